The van der Waals surface area contributed by atoms with Gasteiger partial charge in [0.1, 0.15) is 0 Å². The van der Waals surface area contributed by atoms with Crippen molar-refractivity contribution in [1.29, 1.82) is 0 Å². The predicted molar refractivity (Wildman–Crippen MR) is 60.7 cm³/mol. The summed E-state index contributed by atoms with van der Waals surface area (Å²) in [5.74, 6) is -0.350. The van der Waals surface area contributed by atoms with Crippen molar-refractivity contribution in [2.24, 2.45) is 5.73 Å². The second-order valence-corrected chi connectivity index (χ2v) is 5.15. The number of amides is 1. The Bertz CT molecular complexity index is 347. The van der Waals surface area contributed by atoms with Gasteiger partial charge >= 0.3 is 0 Å². The fourth-order valence-electron chi connectivity index (χ4n) is 1.19. The minimum atomic E-state index is -0.350. The summed E-state index contributed by atoms with van der Waals surface area (Å²) in [7, 11) is 0. The molecule has 3 heteroatoms. The van der Waals surface area contributed by atoms with E-state index in [9.17, 15) is 4.79 Å². The van der Waals surface area contributed by atoms with Crippen molar-refractivity contribution in [2.45, 2.75) is 30.9 Å². The largest absolute Gasteiger partial charge is 0.366 e. The molecule has 2 nitrogen and oxygen atoms in total. The van der Waals surface area contributed by atoms with Gasteiger partial charge in [-0.3, -0.25) is 4.79 Å². The van der Waals surface area contributed by atoms with Crippen molar-refractivity contribution in [1.82, 2.24) is 0 Å². The van der Waals surface area contributed by atoms with E-state index in [0.29, 0.717) is 10.8 Å². The molecule has 0 atom stereocenters. The van der Waals surface area contributed by atoms with E-state index in [2.05, 4.69) is 13.8 Å². The van der Waals surface area contributed by atoms with Gasteiger partial charge in [0.2, 0.25) is 5.91 Å². The fourth-order valence-corrected chi connectivity index (χ4v) is 2.13. The molecule has 0 aliphatic heterocycles. The number of aryl methyl sites for hydroxylation is 1. The highest BCUT2D eigenvalue weighted by Crippen LogP contribution is 2.27. The van der Waals surface area contributed by atoms with E-state index in [4.69, 9.17) is 5.73 Å². The molecule has 0 aliphatic carbocycles. The molecule has 0 bridgehead atoms. The molecule has 0 radical (unpaired) electrons. The van der Waals surface area contributed by atoms with Gasteiger partial charge in [-0.25, -0.2) is 0 Å². The van der Waals surface area contributed by atoms with Crippen LogP contribution in [0, 0.1) is 6.92 Å². The lowest BCUT2D eigenvalue weighted by atomic mass is 10.1. The zero-order valence-corrected chi connectivity index (χ0v) is 9.52. The molecule has 76 valence electrons. The van der Waals surface area contributed by atoms with E-state index < -0.39 is 0 Å². The Morgan fingerprint density at radius 1 is 1.43 bits per heavy atom. The Hall–Kier alpha value is -0.960. The van der Waals surface area contributed by atoms with Gasteiger partial charge < -0.3 is 5.73 Å². The molecule has 0 unspecified atom stereocenters. The maximum atomic E-state index is 11.2. The van der Waals surface area contributed by atoms with Gasteiger partial charge in [-0.1, -0.05) is 25.5 Å². The number of nitrogens with two attached hydrogens (primary N) is 1. The first-order valence-electron chi connectivity index (χ1n) is 4.58. The van der Waals surface area contributed by atoms with E-state index in [1.807, 2.05) is 25.1 Å². The zero-order chi connectivity index (χ0) is 10.7. The van der Waals surface area contributed by atoms with Crippen LogP contribution in [0.3, 0.4) is 0 Å². The quantitative estimate of drug-likeness (QED) is 0.777. The van der Waals surface area contributed by atoms with Gasteiger partial charge in [-0.2, -0.15) is 0 Å². The van der Waals surface area contributed by atoms with Crippen molar-refractivity contribution in [3.63, 3.8) is 0 Å². The van der Waals surface area contributed by atoms with Gasteiger partial charge in [0.15, 0.2) is 0 Å². The minimum Gasteiger partial charge on any atom is -0.366 e. The molecule has 14 heavy (non-hydrogen) atoms. The summed E-state index contributed by atoms with van der Waals surface area (Å²) in [6.07, 6.45) is 0. The average Bonchev–Trinajstić information content (AvgIpc) is 2.07. The highest BCUT2D eigenvalue weighted by molar-refractivity contribution is 8.00. The maximum Gasteiger partial charge on any atom is 0.249 e. The maximum absolute atomic E-state index is 11.2. The van der Waals surface area contributed by atoms with Crippen LogP contribution < -0.4 is 5.73 Å². The second-order valence-electron chi connectivity index (χ2n) is 3.53. The van der Waals surface area contributed by atoms with Crippen LogP contribution in [0.5, 0.6) is 0 Å². The molecule has 2 N–H and O–H groups in total. The summed E-state index contributed by atoms with van der Waals surface area (Å²) in [5.41, 5.74) is 7.00. The van der Waals surface area contributed by atoms with Crippen molar-refractivity contribution >= 4 is 17.7 Å². The Morgan fingerprint density at radius 2 is 2.07 bits per heavy atom. The Balaban J connectivity index is 3.08. The number of thioether (sulfide) groups is 1. The summed E-state index contributed by atoms with van der Waals surface area (Å²) in [6, 6.07) is 5.80. The molecule has 0 aromatic heterocycles. The summed E-state index contributed by atoms with van der Waals surface area (Å²) < 4.78 is 0. The highest BCUT2D eigenvalue weighted by Gasteiger charge is 2.09. The van der Waals surface area contributed by atoms with Crippen molar-refractivity contribution < 1.29 is 4.79 Å². The monoisotopic (exact) mass is 209 g/mol. The van der Waals surface area contributed by atoms with Crippen LogP contribution in [0.2, 0.25) is 0 Å². The lowest BCUT2D eigenvalue weighted by Crippen LogP contribution is -2.12. The van der Waals surface area contributed by atoms with Gasteiger partial charge in [0.25, 0.3) is 0 Å². The third-order valence-electron chi connectivity index (χ3n) is 1.76. The Morgan fingerprint density at radius 3 is 2.57 bits per heavy atom. The van der Waals surface area contributed by atoms with Crippen LogP contribution in [0.15, 0.2) is 23.1 Å². The first-order chi connectivity index (χ1) is 6.50. The zero-order valence-electron chi connectivity index (χ0n) is 8.70. The van der Waals surface area contributed by atoms with Crippen LogP contribution in [-0.2, 0) is 0 Å². The van der Waals surface area contributed by atoms with Crippen molar-refractivity contribution in [3.8, 4) is 0 Å². The predicted octanol–water partition coefficient (Wildman–Crippen LogP) is 2.59. The van der Waals surface area contributed by atoms with Gasteiger partial charge in [-0.05, 0) is 19.1 Å². The molecule has 1 rings (SSSR count). The fraction of sp³-hybridized carbons (Fsp3) is 0.364. The third-order valence-corrected chi connectivity index (χ3v) is 2.84. The lowest BCUT2D eigenvalue weighted by molar-refractivity contribution is 0.0997. The number of benzene rings is 1. The molecular weight excluding hydrogens is 194 g/mol. The summed E-state index contributed by atoms with van der Waals surface area (Å²) in [4.78, 5) is 12.1. The second kappa shape index (κ2) is 4.51. The Kier molecular flexibility index (Phi) is 3.58. The van der Waals surface area contributed by atoms with Gasteiger partial charge in [0, 0.05) is 10.1 Å². The molecule has 1 aromatic rings. The van der Waals surface area contributed by atoms with Gasteiger partial charge in [-0.15, -0.1) is 11.8 Å². The normalized spacial score (nSPS) is 10.6. The standard InChI is InChI=1S/C11H15NOS/c1-7(2)14-10-5-4-8(3)6-9(10)11(12)13/h4-7H,1-3H3,(H2,12,13). The molecule has 0 saturated heterocycles. The number of carbonyl (C=O) groups is 1. The molecule has 1 amide bonds. The van der Waals surface area contributed by atoms with Crippen molar-refractivity contribution in [2.75, 3.05) is 0 Å². The minimum absolute atomic E-state index is 0.350. The van der Waals surface area contributed by atoms with E-state index in [-0.39, 0.29) is 5.91 Å². The van der Waals surface area contributed by atoms with Crippen LogP contribution in [0.1, 0.15) is 29.8 Å². The Labute approximate surface area is 88.9 Å². The molecule has 0 heterocycles. The molecule has 0 spiro atoms. The molecule has 0 saturated carbocycles. The summed E-state index contributed by atoms with van der Waals surface area (Å²) in [5, 5.41) is 0.454. The molecule has 0 aliphatic rings. The SMILES string of the molecule is Cc1ccc(SC(C)C)c(C(N)=O)c1. The van der Waals surface area contributed by atoms with Crippen molar-refractivity contribution in [3.05, 3.63) is 29.3 Å². The first kappa shape index (κ1) is 11.1. The summed E-state index contributed by atoms with van der Waals surface area (Å²) in [6.45, 7) is 6.14. The average molecular weight is 209 g/mol. The number of carbonyl (C=O) groups excluding carboxylic acids is 1. The van der Waals surface area contributed by atoms with Crippen LogP contribution in [-0.4, -0.2) is 11.2 Å². The lowest BCUT2D eigenvalue weighted by Gasteiger charge is -2.09. The third kappa shape index (κ3) is 2.77. The summed E-state index contributed by atoms with van der Waals surface area (Å²) >= 11 is 1.66. The highest BCUT2D eigenvalue weighted by atomic mass is 32.2. The molecular formula is C11H15NOS. The van der Waals surface area contributed by atoms with E-state index in [1.54, 1.807) is 11.8 Å². The van der Waals surface area contributed by atoms with Crippen LogP contribution in [0.4, 0.5) is 0 Å². The van der Waals surface area contributed by atoms with Gasteiger partial charge in [0.05, 0.1) is 5.56 Å². The number of rotatable bonds is 3. The number of hydrogen-bond acceptors (Lipinski definition) is 2. The number of hydrogen-bond donors (Lipinski definition) is 1. The first-order valence-corrected chi connectivity index (χ1v) is 5.46. The smallest absolute Gasteiger partial charge is 0.249 e. The van der Waals surface area contributed by atoms with E-state index >= 15 is 0 Å². The van der Waals surface area contributed by atoms with Crippen LogP contribution in [0.25, 0.3) is 0 Å². The topological polar surface area (TPSA) is 43.1 Å². The molecule has 0 fully saturated rings. The van der Waals surface area contributed by atoms with E-state index in [1.165, 1.54) is 0 Å². The van der Waals surface area contributed by atoms with E-state index in [0.717, 1.165) is 10.5 Å². The molecule has 1 aromatic carbocycles. The van der Waals surface area contributed by atoms with Crippen LogP contribution >= 0.6 is 11.8 Å². The number of primary amides is 1.